The molecule has 9 heteroatoms. The molecule has 8 aromatic carbocycles. The Balaban J connectivity index is 0.000000234. The van der Waals surface area contributed by atoms with E-state index in [1.54, 1.807) is 24.3 Å². The number of carbonyl (C=O) groups is 4. The van der Waals surface area contributed by atoms with Gasteiger partial charge in [0.25, 0.3) is 5.78 Å². The van der Waals surface area contributed by atoms with Crippen LogP contribution in [0.2, 0.25) is 0 Å². The molecule has 0 fully saturated rings. The Kier molecular flexibility index (Phi) is 17.8. The van der Waals surface area contributed by atoms with Crippen LogP contribution in [0.15, 0.2) is 232 Å². The van der Waals surface area contributed by atoms with Crippen LogP contribution in [-0.2, 0) is 19.2 Å². The number of hydrogen-bond donors (Lipinski definition) is 1. The molecule has 9 nitrogen and oxygen atoms in total. The van der Waals surface area contributed by atoms with Crippen LogP contribution < -0.4 is 19.3 Å². The number of rotatable bonds is 19. The van der Waals surface area contributed by atoms with E-state index in [0.717, 1.165) is 68.5 Å². The minimum Gasteiger partial charge on any atom is -0.427 e. The molecular weight excluding hydrogens is 897 g/mol. The van der Waals surface area contributed by atoms with E-state index in [2.05, 4.69) is 144 Å². The molecule has 0 aliphatic carbocycles. The highest BCUT2D eigenvalue weighted by atomic mass is 16.5. The van der Waals surface area contributed by atoms with Crippen molar-refractivity contribution in [3.8, 4) is 33.8 Å². The summed E-state index contributed by atoms with van der Waals surface area (Å²) >= 11 is 0. The molecule has 0 bridgehead atoms. The molecule has 0 heterocycles. The molecule has 0 aliphatic rings. The van der Waals surface area contributed by atoms with Crippen molar-refractivity contribution in [2.45, 2.75) is 45.6 Å². The highest BCUT2D eigenvalue weighted by molar-refractivity contribution is 6.38. The second kappa shape index (κ2) is 25.1. The van der Waals surface area contributed by atoms with E-state index in [-0.39, 0.29) is 12.4 Å². The zero-order valence-electron chi connectivity index (χ0n) is 40.4. The number of ketones is 2. The van der Waals surface area contributed by atoms with Crippen molar-refractivity contribution >= 4 is 57.6 Å². The van der Waals surface area contributed by atoms with Crippen LogP contribution in [0.5, 0.6) is 11.5 Å². The number of aliphatic hydroxyl groups is 1. The Morgan fingerprint density at radius 1 is 0.458 bits per heavy atom. The van der Waals surface area contributed by atoms with E-state index in [4.69, 9.17) is 9.47 Å². The van der Waals surface area contributed by atoms with Crippen LogP contribution in [0.3, 0.4) is 0 Å². The third-order valence-corrected chi connectivity index (χ3v) is 11.7. The number of esters is 2. The summed E-state index contributed by atoms with van der Waals surface area (Å²) in [7, 11) is 0. The first kappa shape index (κ1) is 50.9. The van der Waals surface area contributed by atoms with Crippen LogP contribution >= 0.6 is 0 Å². The maximum Gasteiger partial charge on any atom is 0.384 e. The Morgan fingerprint density at radius 3 is 1.18 bits per heavy atom. The van der Waals surface area contributed by atoms with E-state index in [9.17, 15) is 24.3 Å². The maximum absolute atomic E-state index is 12.4. The van der Waals surface area contributed by atoms with Crippen LogP contribution in [0.1, 0.15) is 36.8 Å². The normalized spacial score (nSPS) is 10.9. The SMILES string of the molecule is C=CC(=O)C(=O)Oc1ccc(N(c2ccc(C)cc2)c2ccc(C)cc2)cc1.C=CC(=O)C(O)CCCCC(=O)Oc1ccc(N(c2ccc(-c3ccccc3)cc2)c2ccc(-c3ccccc3)cc2)cc1. The number of unbranched alkanes of at least 4 members (excludes halogenated alkanes) is 1. The van der Waals surface area contributed by atoms with E-state index in [1.165, 1.54) is 11.1 Å². The number of benzene rings is 8. The highest BCUT2D eigenvalue weighted by Gasteiger charge is 2.17. The number of anilines is 6. The van der Waals surface area contributed by atoms with Gasteiger partial charge >= 0.3 is 11.9 Å². The summed E-state index contributed by atoms with van der Waals surface area (Å²) in [5, 5.41) is 9.74. The van der Waals surface area contributed by atoms with E-state index >= 15 is 0 Å². The van der Waals surface area contributed by atoms with Gasteiger partial charge in [-0.2, -0.15) is 0 Å². The molecule has 0 amide bonds. The van der Waals surface area contributed by atoms with Gasteiger partial charge in [-0.25, -0.2) is 4.79 Å². The van der Waals surface area contributed by atoms with Gasteiger partial charge in [0.1, 0.15) is 17.6 Å². The minimum atomic E-state index is -1.07. The number of ether oxygens (including phenoxy) is 2. The molecule has 1 atom stereocenters. The van der Waals surface area contributed by atoms with Gasteiger partial charge in [-0.15, -0.1) is 0 Å². The van der Waals surface area contributed by atoms with Crippen molar-refractivity contribution in [1.82, 2.24) is 0 Å². The fourth-order valence-electron chi connectivity index (χ4n) is 7.78. The lowest BCUT2D eigenvalue weighted by Gasteiger charge is -2.26. The zero-order valence-corrected chi connectivity index (χ0v) is 40.4. The number of nitrogens with zero attached hydrogens (tertiary/aromatic N) is 2. The monoisotopic (exact) mass is 952 g/mol. The summed E-state index contributed by atoms with van der Waals surface area (Å²) in [6, 6.07) is 68.5. The summed E-state index contributed by atoms with van der Waals surface area (Å²) in [4.78, 5) is 51.1. The molecule has 0 aromatic heterocycles. The first-order valence-electron chi connectivity index (χ1n) is 23.7. The van der Waals surface area contributed by atoms with Gasteiger partial charge in [-0.3, -0.25) is 14.4 Å². The van der Waals surface area contributed by atoms with Gasteiger partial charge < -0.3 is 24.4 Å². The molecule has 360 valence electrons. The number of carbonyl (C=O) groups excluding carboxylic acids is 4. The predicted molar refractivity (Wildman–Crippen MR) is 289 cm³/mol. The Labute approximate surface area is 421 Å². The summed E-state index contributed by atoms with van der Waals surface area (Å²) in [6.45, 7) is 10.8. The van der Waals surface area contributed by atoms with Crippen molar-refractivity contribution in [2.24, 2.45) is 0 Å². The number of hydrogen-bond acceptors (Lipinski definition) is 9. The van der Waals surface area contributed by atoms with E-state index < -0.39 is 23.6 Å². The summed E-state index contributed by atoms with van der Waals surface area (Å²) in [5.74, 6) is -1.72. The molecule has 0 saturated carbocycles. The van der Waals surface area contributed by atoms with Crippen molar-refractivity contribution < 1.29 is 33.8 Å². The fourth-order valence-corrected chi connectivity index (χ4v) is 7.78. The minimum absolute atomic E-state index is 0.199. The van der Waals surface area contributed by atoms with Gasteiger partial charge in [-0.05, 0) is 165 Å². The van der Waals surface area contributed by atoms with Gasteiger partial charge in [0, 0.05) is 40.5 Å². The molecule has 0 spiro atoms. The molecule has 1 unspecified atom stereocenters. The topological polar surface area (TPSA) is 113 Å². The third kappa shape index (κ3) is 13.9. The quantitative estimate of drug-likeness (QED) is 0.0278. The average molecular weight is 953 g/mol. The van der Waals surface area contributed by atoms with Gasteiger partial charge in [-0.1, -0.05) is 133 Å². The lowest BCUT2D eigenvalue weighted by molar-refractivity contribution is -0.144. The van der Waals surface area contributed by atoms with Crippen molar-refractivity contribution in [1.29, 1.82) is 0 Å². The molecule has 0 saturated heterocycles. The first-order valence-corrected chi connectivity index (χ1v) is 23.7. The smallest absolute Gasteiger partial charge is 0.384 e. The summed E-state index contributed by atoms with van der Waals surface area (Å²) in [5.41, 5.74) is 12.8. The Hall–Kier alpha value is -8.92. The molecular formula is C63H56N2O7. The molecule has 72 heavy (non-hydrogen) atoms. The zero-order chi connectivity index (χ0) is 50.8. The van der Waals surface area contributed by atoms with Gasteiger partial charge in [0.15, 0.2) is 5.78 Å². The second-order valence-corrected chi connectivity index (χ2v) is 17.0. The van der Waals surface area contributed by atoms with Crippen LogP contribution in [0, 0.1) is 13.8 Å². The first-order chi connectivity index (χ1) is 35.0. The molecule has 8 rings (SSSR count). The highest BCUT2D eigenvalue weighted by Crippen LogP contribution is 2.38. The third-order valence-electron chi connectivity index (χ3n) is 11.7. The number of aliphatic hydroxyl groups excluding tert-OH is 1. The van der Waals surface area contributed by atoms with Crippen molar-refractivity contribution in [3.05, 3.63) is 243 Å². The van der Waals surface area contributed by atoms with Crippen LogP contribution in [-0.4, -0.2) is 34.7 Å². The van der Waals surface area contributed by atoms with Gasteiger partial charge in [0.05, 0.1) is 0 Å². The second-order valence-electron chi connectivity index (χ2n) is 17.0. The summed E-state index contributed by atoms with van der Waals surface area (Å²) < 4.78 is 10.6. The standard InChI is InChI=1S/C39H35NO4.C24H21NO3/c1-2-37(41)38(42)15-9-10-16-39(43)44-36-27-25-35(26-28-36)40(33-21-17-31(18-22-33)29-11-5-3-6-12-29)34-23-19-32(20-24-34)30-13-7-4-8-14-30;1-4-23(26)24(27)28-22-15-13-21(14-16-22)25(19-9-5-17(2)6-10-19)20-11-7-18(3)8-12-20/h2-8,11-14,17-28,38,42H,1,9-10,15-16H2;4-16H,1H2,2-3H3. The molecule has 1 N–H and O–H groups in total. The van der Waals surface area contributed by atoms with E-state index in [0.29, 0.717) is 30.8 Å². The lowest BCUT2D eigenvalue weighted by Crippen LogP contribution is -2.17. The van der Waals surface area contributed by atoms with Crippen LogP contribution in [0.4, 0.5) is 34.1 Å². The fraction of sp³-hybridized carbons (Fsp3) is 0.111. The van der Waals surface area contributed by atoms with Crippen molar-refractivity contribution in [3.63, 3.8) is 0 Å². The van der Waals surface area contributed by atoms with Crippen molar-refractivity contribution in [2.75, 3.05) is 9.80 Å². The number of aryl methyl sites for hydroxylation is 2. The molecule has 0 aliphatic heterocycles. The molecule has 8 aromatic rings. The maximum atomic E-state index is 12.4. The summed E-state index contributed by atoms with van der Waals surface area (Å²) in [6.07, 6.45) is 2.53. The predicted octanol–water partition coefficient (Wildman–Crippen LogP) is 14.5. The van der Waals surface area contributed by atoms with E-state index in [1.807, 2.05) is 74.5 Å². The van der Waals surface area contributed by atoms with Crippen LogP contribution in [0.25, 0.3) is 22.3 Å². The average Bonchev–Trinajstić information content (AvgIpc) is 3.42. The largest absolute Gasteiger partial charge is 0.427 e. The van der Waals surface area contributed by atoms with Gasteiger partial charge in [0.2, 0.25) is 0 Å². The Bertz CT molecular complexity index is 2940. The lowest BCUT2D eigenvalue weighted by atomic mass is 10.0. The Morgan fingerprint density at radius 2 is 0.806 bits per heavy atom. The molecule has 0 radical (unpaired) electrons.